The quantitative estimate of drug-likeness (QED) is 0.800. The summed E-state index contributed by atoms with van der Waals surface area (Å²) >= 11 is 0. The first-order chi connectivity index (χ1) is 13.3. The van der Waals surface area contributed by atoms with Gasteiger partial charge >= 0.3 is 0 Å². The number of carbonyl (C=O) groups is 1. The predicted molar refractivity (Wildman–Crippen MR) is 112 cm³/mol. The zero-order valence-electron chi connectivity index (χ0n) is 16.1. The molecular formula is C22H24N2O3S. The van der Waals surface area contributed by atoms with Crippen LogP contribution in [0.3, 0.4) is 0 Å². The smallest absolute Gasteiger partial charge is 0.254 e. The van der Waals surface area contributed by atoms with E-state index in [1.807, 2.05) is 36.1 Å². The normalized spacial score (nSPS) is 19.4. The Morgan fingerprint density at radius 2 is 1.86 bits per heavy atom. The van der Waals surface area contributed by atoms with Crippen LogP contribution >= 0.6 is 0 Å². The molecule has 2 aromatic carbocycles. The van der Waals surface area contributed by atoms with E-state index in [0.29, 0.717) is 30.8 Å². The van der Waals surface area contributed by atoms with Gasteiger partial charge in [0.05, 0.1) is 11.9 Å². The van der Waals surface area contributed by atoms with E-state index < -0.39 is 10.0 Å². The molecule has 28 heavy (non-hydrogen) atoms. The van der Waals surface area contributed by atoms with Gasteiger partial charge in [-0.05, 0) is 54.7 Å². The SMILES string of the molecule is CC1Cc2cc(C(=O)N3CC=C(c4ccccc4)CC3)ccc2N1S(C)(=O)=O. The van der Waals surface area contributed by atoms with Gasteiger partial charge in [0, 0.05) is 24.7 Å². The lowest BCUT2D eigenvalue weighted by atomic mass is 9.99. The molecule has 0 spiro atoms. The number of rotatable bonds is 3. The highest BCUT2D eigenvalue weighted by molar-refractivity contribution is 7.92. The highest BCUT2D eigenvalue weighted by atomic mass is 32.2. The molecule has 146 valence electrons. The molecule has 4 rings (SSSR count). The van der Waals surface area contributed by atoms with Gasteiger partial charge in [0.2, 0.25) is 10.0 Å². The Labute approximate surface area is 166 Å². The van der Waals surface area contributed by atoms with Crippen LogP contribution < -0.4 is 4.31 Å². The molecule has 1 atom stereocenters. The molecular weight excluding hydrogens is 372 g/mol. The van der Waals surface area contributed by atoms with E-state index in [1.165, 1.54) is 21.7 Å². The van der Waals surface area contributed by atoms with Crippen LogP contribution in [-0.4, -0.2) is 44.6 Å². The van der Waals surface area contributed by atoms with Gasteiger partial charge < -0.3 is 4.90 Å². The van der Waals surface area contributed by atoms with Crippen LogP contribution in [0.1, 0.15) is 34.8 Å². The van der Waals surface area contributed by atoms with Gasteiger partial charge in [-0.25, -0.2) is 8.42 Å². The summed E-state index contributed by atoms with van der Waals surface area (Å²) in [4.78, 5) is 14.8. The van der Waals surface area contributed by atoms with Crippen LogP contribution in [0.4, 0.5) is 5.69 Å². The van der Waals surface area contributed by atoms with E-state index in [-0.39, 0.29) is 11.9 Å². The molecule has 2 aromatic rings. The van der Waals surface area contributed by atoms with Crippen molar-refractivity contribution in [3.63, 3.8) is 0 Å². The second-order valence-corrected chi connectivity index (χ2v) is 9.41. The highest BCUT2D eigenvalue weighted by Gasteiger charge is 2.33. The first-order valence-electron chi connectivity index (χ1n) is 9.50. The van der Waals surface area contributed by atoms with E-state index in [9.17, 15) is 13.2 Å². The van der Waals surface area contributed by atoms with Gasteiger partial charge in [0.15, 0.2) is 0 Å². The third-order valence-corrected chi connectivity index (χ3v) is 6.75. The van der Waals surface area contributed by atoms with Gasteiger partial charge in [-0.2, -0.15) is 0 Å². The number of amides is 1. The Morgan fingerprint density at radius 1 is 1.11 bits per heavy atom. The lowest BCUT2D eigenvalue weighted by molar-refractivity contribution is 0.0773. The third kappa shape index (κ3) is 3.44. The molecule has 2 heterocycles. The summed E-state index contributed by atoms with van der Waals surface area (Å²) in [6.07, 6.45) is 4.81. The van der Waals surface area contributed by atoms with Crippen LogP contribution in [0.15, 0.2) is 54.6 Å². The van der Waals surface area contributed by atoms with E-state index in [1.54, 1.807) is 12.1 Å². The molecule has 0 aromatic heterocycles. The molecule has 0 saturated heterocycles. The molecule has 0 bridgehead atoms. The Morgan fingerprint density at radius 3 is 2.50 bits per heavy atom. The topological polar surface area (TPSA) is 57.7 Å². The van der Waals surface area contributed by atoms with Crippen molar-refractivity contribution in [1.82, 2.24) is 4.90 Å². The summed E-state index contributed by atoms with van der Waals surface area (Å²) in [5, 5.41) is 0. The van der Waals surface area contributed by atoms with Crippen molar-refractivity contribution in [2.45, 2.75) is 25.8 Å². The molecule has 0 fully saturated rings. The maximum absolute atomic E-state index is 13.0. The predicted octanol–water partition coefficient (Wildman–Crippen LogP) is 3.33. The first kappa shape index (κ1) is 18.7. The number of hydrogen-bond donors (Lipinski definition) is 0. The molecule has 1 unspecified atom stereocenters. The summed E-state index contributed by atoms with van der Waals surface area (Å²) in [6, 6.07) is 15.5. The molecule has 2 aliphatic heterocycles. The van der Waals surface area contributed by atoms with E-state index in [2.05, 4.69) is 18.2 Å². The van der Waals surface area contributed by atoms with E-state index >= 15 is 0 Å². The average Bonchev–Trinajstić information content (AvgIpc) is 3.03. The minimum atomic E-state index is -3.32. The molecule has 5 nitrogen and oxygen atoms in total. The first-order valence-corrected chi connectivity index (χ1v) is 11.4. The molecule has 2 aliphatic rings. The Kier molecular flexibility index (Phi) is 4.75. The van der Waals surface area contributed by atoms with E-state index in [0.717, 1.165) is 12.0 Å². The average molecular weight is 397 g/mol. The van der Waals surface area contributed by atoms with Crippen molar-refractivity contribution >= 4 is 27.2 Å². The molecule has 1 amide bonds. The molecule has 6 heteroatoms. The van der Waals surface area contributed by atoms with Crippen molar-refractivity contribution in [2.75, 3.05) is 23.7 Å². The van der Waals surface area contributed by atoms with Crippen LogP contribution in [0.25, 0.3) is 5.57 Å². The molecule has 0 aliphatic carbocycles. The van der Waals surface area contributed by atoms with Crippen LogP contribution in [0.5, 0.6) is 0 Å². The van der Waals surface area contributed by atoms with Gasteiger partial charge in [0.1, 0.15) is 0 Å². The van der Waals surface area contributed by atoms with Gasteiger partial charge in [-0.3, -0.25) is 9.10 Å². The minimum absolute atomic E-state index is 0.00313. The number of nitrogens with zero attached hydrogens (tertiary/aromatic N) is 2. The fourth-order valence-corrected chi connectivity index (χ4v) is 5.46. The van der Waals surface area contributed by atoms with Crippen LogP contribution in [-0.2, 0) is 16.4 Å². The number of anilines is 1. The third-order valence-electron chi connectivity index (χ3n) is 5.48. The summed E-state index contributed by atoms with van der Waals surface area (Å²) < 4.78 is 25.6. The zero-order valence-corrected chi connectivity index (χ0v) is 16.9. The Bertz CT molecular complexity index is 1040. The standard InChI is InChI=1S/C22H24N2O3S/c1-16-14-20-15-19(8-9-21(20)24(16)28(2,26)27)22(25)23-12-10-18(11-13-23)17-6-4-3-5-7-17/h3-10,15-16H,11-14H2,1-2H3. The second-order valence-electron chi connectivity index (χ2n) is 7.55. The summed E-state index contributed by atoms with van der Waals surface area (Å²) in [6.45, 7) is 3.16. The lowest BCUT2D eigenvalue weighted by Crippen LogP contribution is -2.35. The molecule has 0 radical (unpaired) electrons. The van der Waals surface area contributed by atoms with Crippen LogP contribution in [0, 0.1) is 0 Å². The Hall–Kier alpha value is -2.60. The molecule has 0 saturated carbocycles. The monoisotopic (exact) mass is 396 g/mol. The van der Waals surface area contributed by atoms with Crippen molar-refractivity contribution in [2.24, 2.45) is 0 Å². The fraction of sp³-hybridized carbons (Fsp3) is 0.318. The Balaban J connectivity index is 1.53. The van der Waals surface area contributed by atoms with Gasteiger partial charge in [-0.1, -0.05) is 36.4 Å². The van der Waals surface area contributed by atoms with Crippen molar-refractivity contribution in [1.29, 1.82) is 0 Å². The highest BCUT2D eigenvalue weighted by Crippen LogP contribution is 2.35. The minimum Gasteiger partial charge on any atom is -0.335 e. The number of fused-ring (bicyclic) bond motifs is 1. The van der Waals surface area contributed by atoms with Crippen molar-refractivity contribution < 1.29 is 13.2 Å². The molecule has 0 N–H and O–H groups in total. The van der Waals surface area contributed by atoms with Crippen molar-refractivity contribution in [3.05, 3.63) is 71.3 Å². The van der Waals surface area contributed by atoms with Gasteiger partial charge in [-0.15, -0.1) is 0 Å². The zero-order chi connectivity index (χ0) is 19.9. The maximum Gasteiger partial charge on any atom is 0.254 e. The largest absolute Gasteiger partial charge is 0.335 e. The second kappa shape index (κ2) is 7.09. The summed E-state index contributed by atoms with van der Waals surface area (Å²) in [5.74, 6) is -0.00313. The number of hydrogen-bond acceptors (Lipinski definition) is 3. The number of benzene rings is 2. The fourth-order valence-electron chi connectivity index (χ4n) is 4.19. The van der Waals surface area contributed by atoms with Crippen LogP contribution in [0.2, 0.25) is 0 Å². The lowest BCUT2D eigenvalue weighted by Gasteiger charge is -2.27. The summed E-state index contributed by atoms with van der Waals surface area (Å²) in [5.41, 5.74) is 4.72. The summed E-state index contributed by atoms with van der Waals surface area (Å²) in [7, 11) is -3.32. The van der Waals surface area contributed by atoms with Gasteiger partial charge in [0.25, 0.3) is 5.91 Å². The van der Waals surface area contributed by atoms with E-state index in [4.69, 9.17) is 0 Å². The number of sulfonamides is 1. The maximum atomic E-state index is 13.0. The number of carbonyl (C=O) groups excluding carboxylic acids is 1. The van der Waals surface area contributed by atoms with Crippen molar-refractivity contribution in [3.8, 4) is 0 Å².